The highest BCUT2D eigenvalue weighted by molar-refractivity contribution is 7.92. The van der Waals surface area contributed by atoms with Gasteiger partial charge in [0.1, 0.15) is 18.9 Å². The van der Waals surface area contributed by atoms with Crippen molar-refractivity contribution in [2.45, 2.75) is 18.7 Å². The Kier molecular flexibility index (Phi) is 7.77. The van der Waals surface area contributed by atoms with E-state index >= 15 is 0 Å². The smallest absolute Gasteiger partial charge is 0.264 e. The molecule has 3 aromatic carbocycles. The van der Waals surface area contributed by atoms with Crippen LogP contribution in [0.3, 0.4) is 0 Å². The molecule has 0 aliphatic rings. The zero-order valence-corrected chi connectivity index (χ0v) is 19.5. The lowest BCUT2D eigenvalue weighted by Crippen LogP contribution is -2.41. The van der Waals surface area contributed by atoms with E-state index in [1.165, 1.54) is 24.3 Å². The number of nitrogens with one attached hydrogen (secondary N) is 1. The van der Waals surface area contributed by atoms with Gasteiger partial charge >= 0.3 is 0 Å². The molecule has 3 rings (SSSR count). The molecule has 0 saturated carbocycles. The predicted octanol–water partition coefficient (Wildman–Crippen LogP) is 4.35. The van der Waals surface area contributed by atoms with Crippen molar-refractivity contribution >= 4 is 33.2 Å². The molecule has 1 amide bonds. The van der Waals surface area contributed by atoms with Gasteiger partial charge in [-0.15, -0.1) is 0 Å². The van der Waals surface area contributed by atoms with Crippen LogP contribution in [0.25, 0.3) is 0 Å². The molecule has 0 atom stereocenters. The number of amides is 1. The summed E-state index contributed by atoms with van der Waals surface area (Å²) in [5.74, 6) is 0.316. The van der Waals surface area contributed by atoms with Gasteiger partial charge in [-0.3, -0.25) is 9.10 Å². The molecular formula is C24H25ClN2O4S. The predicted molar refractivity (Wildman–Crippen MR) is 127 cm³/mol. The highest BCUT2D eigenvalue weighted by atomic mass is 35.5. The molecule has 0 heterocycles. The van der Waals surface area contributed by atoms with Crippen LogP contribution in [-0.2, 0) is 14.8 Å². The fourth-order valence-electron chi connectivity index (χ4n) is 3.14. The zero-order valence-electron chi connectivity index (χ0n) is 17.9. The maximum absolute atomic E-state index is 13.2. The normalized spacial score (nSPS) is 11.1. The monoisotopic (exact) mass is 472 g/mol. The van der Waals surface area contributed by atoms with E-state index in [0.717, 1.165) is 21.2 Å². The van der Waals surface area contributed by atoms with Crippen molar-refractivity contribution in [2.75, 3.05) is 24.0 Å². The first-order chi connectivity index (χ1) is 15.3. The van der Waals surface area contributed by atoms with E-state index in [2.05, 4.69) is 5.32 Å². The molecule has 0 fully saturated rings. The molecule has 8 heteroatoms. The van der Waals surface area contributed by atoms with E-state index in [4.69, 9.17) is 16.3 Å². The number of hydrogen-bond acceptors (Lipinski definition) is 4. The largest absolute Gasteiger partial charge is 0.491 e. The number of hydrogen-bond donors (Lipinski definition) is 1. The second-order valence-corrected chi connectivity index (χ2v) is 9.57. The van der Waals surface area contributed by atoms with Gasteiger partial charge in [-0.05, 0) is 61.9 Å². The maximum atomic E-state index is 13.2. The lowest BCUT2D eigenvalue weighted by molar-refractivity contribution is -0.119. The number of nitrogens with zero attached hydrogens (tertiary/aromatic N) is 1. The maximum Gasteiger partial charge on any atom is 0.264 e. The van der Waals surface area contributed by atoms with Crippen LogP contribution in [0.2, 0.25) is 5.02 Å². The Morgan fingerprint density at radius 2 is 1.69 bits per heavy atom. The number of anilines is 1. The molecular weight excluding hydrogens is 448 g/mol. The first kappa shape index (κ1) is 23.6. The summed E-state index contributed by atoms with van der Waals surface area (Å²) in [7, 11) is -3.97. The minimum atomic E-state index is -3.97. The van der Waals surface area contributed by atoms with Crippen molar-refractivity contribution < 1.29 is 17.9 Å². The van der Waals surface area contributed by atoms with E-state index in [1.54, 1.807) is 30.3 Å². The highest BCUT2D eigenvalue weighted by Gasteiger charge is 2.27. The van der Waals surface area contributed by atoms with Crippen LogP contribution in [0.4, 0.5) is 5.69 Å². The van der Waals surface area contributed by atoms with Gasteiger partial charge in [-0.2, -0.15) is 0 Å². The second kappa shape index (κ2) is 10.5. The van der Waals surface area contributed by atoms with Crippen LogP contribution in [-0.4, -0.2) is 34.0 Å². The highest BCUT2D eigenvalue weighted by Crippen LogP contribution is 2.24. The third kappa shape index (κ3) is 6.02. The van der Waals surface area contributed by atoms with Gasteiger partial charge in [0.25, 0.3) is 10.0 Å². The molecule has 0 saturated heterocycles. The number of halogens is 1. The molecule has 0 radical (unpaired) electrons. The summed E-state index contributed by atoms with van der Waals surface area (Å²) in [6.07, 6.45) is 0. The van der Waals surface area contributed by atoms with Crippen molar-refractivity contribution in [3.8, 4) is 5.75 Å². The second-order valence-electron chi connectivity index (χ2n) is 7.27. The molecule has 0 aliphatic heterocycles. The Morgan fingerprint density at radius 1 is 1.00 bits per heavy atom. The molecule has 32 heavy (non-hydrogen) atoms. The molecule has 6 nitrogen and oxygen atoms in total. The van der Waals surface area contributed by atoms with Crippen molar-refractivity contribution in [3.63, 3.8) is 0 Å². The van der Waals surface area contributed by atoms with Crippen LogP contribution in [0.15, 0.2) is 77.7 Å². The molecule has 0 aliphatic carbocycles. The van der Waals surface area contributed by atoms with Gasteiger partial charge in [-0.1, -0.05) is 47.5 Å². The van der Waals surface area contributed by atoms with Crippen molar-refractivity contribution in [1.82, 2.24) is 5.32 Å². The van der Waals surface area contributed by atoms with E-state index in [-0.39, 0.29) is 24.6 Å². The van der Waals surface area contributed by atoms with Gasteiger partial charge in [-0.25, -0.2) is 8.42 Å². The fraction of sp³-hybridized carbons (Fsp3) is 0.208. The molecule has 168 valence electrons. The first-order valence-corrected chi connectivity index (χ1v) is 11.9. The number of aryl methyl sites for hydroxylation is 2. The van der Waals surface area contributed by atoms with Crippen molar-refractivity contribution in [1.29, 1.82) is 0 Å². The minimum absolute atomic E-state index is 0.0525. The van der Waals surface area contributed by atoms with Crippen molar-refractivity contribution in [2.24, 2.45) is 0 Å². The first-order valence-electron chi connectivity index (χ1n) is 10.1. The summed E-state index contributed by atoms with van der Waals surface area (Å²) in [6, 6.07) is 20.2. The molecule has 0 spiro atoms. The third-order valence-corrected chi connectivity index (χ3v) is 6.79. The van der Waals surface area contributed by atoms with Crippen LogP contribution in [0, 0.1) is 13.8 Å². The molecule has 3 aromatic rings. The molecule has 0 unspecified atom stereocenters. The summed E-state index contributed by atoms with van der Waals surface area (Å²) >= 11 is 5.89. The summed E-state index contributed by atoms with van der Waals surface area (Å²) < 4.78 is 33.3. The molecule has 0 aromatic heterocycles. The number of benzene rings is 3. The summed E-state index contributed by atoms with van der Waals surface area (Å²) in [6.45, 7) is 4.12. The van der Waals surface area contributed by atoms with Gasteiger partial charge in [0, 0.05) is 5.02 Å². The van der Waals surface area contributed by atoms with Crippen LogP contribution in [0.1, 0.15) is 11.1 Å². The van der Waals surface area contributed by atoms with Gasteiger partial charge in [0.05, 0.1) is 17.1 Å². The Bertz CT molecular complexity index is 1170. The minimum Gasteiger partial charge on any atom is -0.491 e. The quantitative estimate of drug-likeness (QED) is 0.470. The standard InChI is InChI=1S/C24H25ClN2O4S/c1-18-8-13-23(19(2)16-18)31-15-14-26-24(28)17-27(21-6-4-3-5-7-21)32(29,30)22-11-9-20(25)10-12-22/h3-13,16H,14-15,17H2,1-2H3,(H,26,28). The summed E-state index contributed by atoms with van der Waals surface area (Å²) in [4.78, 5) is 12.6. The number of carbonyl (C=O) groups is 1. The van der Waals surface area contributed by atoms with Crippen molar-refractivity contribution in [3.05, 3.63) is 88.9 Å². The van der Waals surface area contributed by atoms with Gasteiger partial charge in [0.15, 0.2) is 0 Å². The number of sulfonamides is 1. The number of para-hydroxylation sites is 1. The SMILES string of the molecule is Cc1ccc(OCCNC(=O)CN(c2ccccc2)S(=O)(=O)c2ccc(Cl)cc2)c(C)c1. The average Bonchev–Trinajstić information content (AvgIpc) is 2.77. The van der Waals surface area contributed by atoms with E-state index in [0.29, 0.717) is 10.7 Å². The zero-order chi connectivity index (χ0) is 23.1. The lowest BCUT2D eigenvalue weighted by Gasteiger charge is -2.24. The Hall–Kier alpha value is -3.03. The summed E-state index contributed by atoms with van der Waals surface area (Å²) in [5.41, 5.74) is 2.55. The number of ether oxygens (including phenoxy) is 1. The van der Waals surface area contributed by atoms with Crippen LogP contribution in [0.5, 0.6) is 5.75 Å². The third-order valence-electron chi connectivity index (χ3n) is 4.75. The van der Waals surface area contributed by atoms with Crippen LogP contribution < -0.4 is 14.4 Å². The Labute approximate surface area is 193 Å². The lowest BCUT2D eigenvalue weighted by atomic mass is 10.1. The Morgan fingerprint density at radius 3 is 2.34 bits per heavy atom. The van der Waals surface area contributed by atoms with Gasteiger partial charge in [0.2, 0.25) is 5.91 Å². The fourth-order valence-corrected chi connectivity index (χ4v) is 4.69. The van der Waals surface area contributed by atoms with Crippen LogP contribution >= 0.6 is 11.6 Å². The Balaban J connectivity index is 1.67. The summed E-state index contributed by atoms with van der Waals surface area (Å²) in [5, 5.41) is 3.15. The van der Waals surface area contributed by atoms with E-state index in [9.17, 15) is 13.2 Å². The van der Waals surface area contributed by atoms with E-state index < -0.39 is 15.9 Å². The van der Waals surface area contributed by atoms with Gasteiger partial charge < -0.3 is 10.1 Å². The number of carbonyl (C=O) groups excluding carboxylic acids is 1. The number of rotatable bonds is 9. The van der Waals surface area contributed by atoms with E-state index in [1.807, 2.05) is 32.0 Å². The molecule has 0 bridgehead atoms. The topological polar surface area (TPSA) is 75.7 Å². The molecule has 1 N–H and O–H groups in total. The average molecular weight is 473 g/mol.